The van der Waals surface area contributed by atoms with Gasteiger partial charge in [-0.3, -0.25) is 10.1 Å². The lowest BCUT2D eigenvalue weighted by Gasteiger charge is -2.23. The van der Waals surface area contributed by atoms with Crippen molar-refractivity contribution >= 4 is 28.7 Å². The topological polar surface area (TPSA) is 70.2 Å². The van der Waals surface area contributed by atoms with Crippen LogP contribution in [-0.4, -0.2) is 31.4 Å². The lowest BCUT2D eigenvalue weighted by Crippen LogP contribution is -2.44. The number of anilines is 1. The van der Waals surface area contributed by atoms with Crippen molar-refractivity contribution in [1.29, 1.82) is 0 Å². The third-order valence-electron chi connectivity index (χ3n) is 3.38. The first-order valence-electron chi connectivity index (χ1n) is 6.97. The number of carbonyl (C=O) groups is 2. The zero-order valence-corrected chi connectivity index (χ0v) is 12.7. The summed E-state index contributed by atoms with van der Waals surface area (Å²) in [5.41, 5.74) is 0.555. The predicted octanol–water partition coefficient (Wildman–Crippen LogP) is 2.56. The molecule has 110 valence electrons. The molecule has 0 spiro atoms. The Labute approximate surface area is 123 Å². The van der Waals surface area contributed by atoms with E-state index in [0.717, 1.165) is 37.1 Å². The highest BCUT2D eigenvalue weighted by molar-refractivity contribution is 7.16. The minimum absolute atomic E-state index is 0.209. The number of hydrogen-bond donors (Lipinski definition) is 3. The van der Waals surface area contributed by atoms with Crippen molar-refractivity contribution in [2.75, 3.05) is 18.4 Å². The summed E-state index contributed by atoms with van der Waals surface area (Å²) in [6.45, 7) is 6.00. The molecule has 0 saturated carbocycles. The second kappa shape index (κ2) is 6.85. The summed E-state index contributed by atoms with van der Waals surface area (Å²) < 4.78 is 0. The Morgan fingerprint density at radius 1 is 1.45 bits per heavy atom. The van der Waals surface area contributed by atoms with Crippen LogP contribution in [-0.2, 0) is 0 Å². The van der Waals surface area contributed by atoms with Crippen molar-refractivity contribution in [1.82, 2.24) is 10.6 Å². The van der Waals surface area contributed by atoms with Gasteiger partial charge in [-0.1, -0.05) is 13.8 Å². The molecule has 2 amide bonds. The zero-order chi connectivity index (χ0) is 14.5. The molecule has 1 saturated heterocycles. The Morgan fingerprint density at radius 2 is 2.15 bits per heavy atom. The number of thiophene rings is 1. The van der Waals surface area contributed by atoms with Gasteiger partial charge in [0.1, 0.15) is 5.00 Å². The molecule has 0 bridgehead atoms. The van der Waals surface area contributed by atoms with Crippen LogP contribution in [0.5, 0.6) is 0 Å². The SMILES string of the molecule is CC(C)c1cc(C=O)c(NC(=O)NC2CCNCC2)s1. The maximum atomic E-state index is 12.0. The molecule has 1 aliphatic heterocycles. The average molecular weight is 295 g/mol. The number of piperidine rings is 1. The normalized spacial score (nSPS) is 16.1. The monoisotopic (exact) mass is 295 g/mol. The smallest absolute Gasteiger partial charge is 0.320 e. The Balaban J connectivity index is 1.97. The fourth-order valence-electron chi connectivity index (χ4n) is 2.19. The number of carbonyl (C=O) groups excluding carboxylic acids is 2. The van der Waals surface area contributed by atoms with Gasteiger partial charge in [-0.2, -0.15) is 0 Å². The Bertz CT molecular complexity index is 479. The van der Waals surface area contributed by atoms with Crippen LogP contribution >= 0.6 is 11.3 Å². The first-order valence-corrected chi connectivity index (χ1v) is 7.79. The molecule has 5 nitrogen and oxygen atoms in total. The van der Waals surface area contributed by atoms with E-state index in [1.807, 2.05) is 6.07 Å². The first kappa shape index (κ1) is 15.0. The molecule has 20 heavy (non-hydrogen) atoms. The fourth-order valence-corrected chi connectivity index (χ4v) is 3.21. The van der Waals surface area contributed by atoms with Gasteiger partial charge in [0, 0.05) is 16.5 Å². The van der Waals surface area contributed by atoms with Crippen molar-refractivity contribution in [2.24, 2.45) is 0 Å². The van der Waals surface area contributed by atoms with E-state index in [-0.39, 0.29) is 12.1 Å². The summed E-state index contributed by atoms with van der Waals surface area (Å²) in [4.78, 5) is 24.1. The van der Waals surface area contributed by atoms with Crippen LogP contribution in [0.3, 0.4) is 0 Å². The number of aldehydes is 1. The van der Waals surface area contributed by atoms with Crippen LogP contribution in [0, 0.1) is 0 Å². The second-order valence-corrected chi connectivity index (χ2v) is 6.41. The maximum Gasteiger partial charge on any atom is 0.320 e. The van der Waals surface area contributed by atoms with Crippen molar-refractivity contribution < 1.29 is 9.59 Å². The van der Waals surface area contributed by atoms with Gasteiger partial charge in [-0.25, -0.2) is 4.79 Å². The molecule has 6 heteroatoms. The number of nitrogens with one attached hydrogen (secondary N) is 3. The van der Waals surface area contributed by atoms with Crippen molar-refractivity contribution in [3.05, 3.63) is 16.5 Å². The third-order valence-corrected chi connectivity index (χ3v) is 4.74. The predicted molar refractivity (Wildman–Crippen MR) is 81.8 cm³/mol. The minimum atomic E-state index is -0.225. The Kier molecular flexibility index (Phi) is 5.14. The van der Waals surface area contributed by atoms with Crippen LogP contribution in [0.15, 0.2) is 6.07 Å². The van der Waals surface area contributed by atoms with Gasteiger partial charge in [0.2, 0.25) is 0 Å². The molecule has 0 atom stereocenters. The molecule has 1 aromatic heterocycles. The van der Waals surface area contributed by atoms with Gasteiger partial charge in [0.15, 0.2) is 6.29 Å². The van der Waals surface area contributed by atoms with Gasteiger partial charge in [0.05, 0.1) is 0 Å². The molecule has 3 N–H and O–H groups in total. The molecule has 0 aromatic carbocycles. The molecule has 0 aliphatic carbocycles. The molecule has 1 aliphatic rings. The van der Waals surface area contributed by atoms with Crippen LogP contribution in [0.2, 0.25) is 0 Å². The van der Waals surface area contributed by atoms with E-state index in [1.54, 1.807) is 0 Å². The van der Waals surface area contributed by atoms with E-state index in [9.17, 15) is 9.59 Å². The van der Waals surface area contributed by atoms with Gasteiger partial charge < -0.3 is 10.6 Å². The van der Waals surface area contributed by atoms with E-state index >= 15 is 0 Å². The third kappa shape index (κ3) is 3.80. The van der Waals surface area contributed by atoms with Crippen LogP contribution < -0.4 is 16.0 Å². The van der Waals surface area contributed by atoms with Crippen LogP contribution in [0.25, 0.3) is 0 Å². The molecular formula is C14H21N3O2S. The second-order valence-electron chi connectivity index (χ2n) is 5.33. The summed E-state index contributed by atoms with van der Waals surface area (Å²) in [6.07, 6.45) is 2.67. The van der Waals surface area contributed by atoms with Crippen LogP contribution in [0.1, 0.15) is 47.8 Å². The van der Waals surface area contributed by atoms with E-state index in [2.05, 4.69) is 29.8 Å². The Morgan fingerprint density at radius 3 is 2.75 bits per heavy atom. The minimum Gasteiger partial charge on any atom is -0.335 e. The number of hydrogen-bond acceptors (Lipinski definition) is 4. The van der Waals surface area contributed by atoms with E-state index < -0.39 is 0 Å². The average Bonchev–Trinajstić information content (AvgIpc) is 2.83. The zero-order valence-electron chi connectivity index (χ0n) is 11.9. The lowest BCUT2D eigenvalue weighted by molar-refractivity contribution is 0.112. The molecule has 1 fully saturated rings. The fraction of sp³-hybridized carbons (Fsp3) is 0.571. The summed E-state index contributed by atoms with van der Waals surface area (Å²) >= 11 is 1.47. The van der Waals surface area contributed by atoms with Crippen LogP contribution in [0.4, 0.5) is 9.80 Å². The summed E-state index contributed by atoms with van der Waals surface area (Å²) in [7, 11) is 0. The maximum absolute atomic E-state index is 12.0. The summed E-state index contributed by atoms with van der Waals surface area (Å²) in [5, 5.41) is 9.65. The molecule has 1 aromatic rings. The molecular weight excluding hydrogens is 274 g/mol. The standard InChI is InChI=1S/C14H21N3O2S/c1-9(2)12-7-10(8-18)13(20-12)17-14(19)16-11-3-5-15-6-4-11/h7-9,11,15H,3-6H2,1-2H3,(H2,16,17,19). The number of amides is 2. The number of urea groups is 1. The van der Waals surface area contributed by atoms with Crippen molar-refractivity contribution in [3.63, 3.8) is 0 Å². The Hall–Kier alpha value is -1.40. The van der Waals surface area contributed by atoms with E-state index in [1.165, 1.54) is 11.3 Å². The quantitative estimate of drug-likeness (QED) is 0.748. The molecule has 0 radical (unpaired) electrons. The lowest BCUT2D eigenvalue weighted by atomic mass is 10.1. The van der Waals surface area contributed by atoms with Crippen molar-refractivity contribution in [2.45, 2.75) is 38.6 Å². The van der Waals surface area contributed by atoms with Gasteiger partial charge in [-0.05, 0) is 37.9 Å². The molecule has 0 unspecified atom stereocenters. The van der Waals surface area contributed by atoms with Gasteiger partial charge >= 0.3 is 6.03 Å². The van der Waals surface area contributed by atoms with Crippen molar-refractivity contribution in [3.8, 4) is 0 Å². The summed E-state index contributed by atoms with van der Waals surface area (Å²) in [6, 6.07) is 1.83. The molecule has 2 rings (SSSR count). The first-order chi connectivity index (χ1) is 9.60. The van der Waals surface area contributed by atoms with E-state index in [4.69, 9.17) is 0 Å². The largest absolute Gasteiger partial charge is 0.335 e. The highest BCUT2D eigenvalue weighted by Gasteiger charge is 2.17. The highest BCUT2D eigenvalue weighted by atomic mass is 32.1. The van der Waals surface area contributed by atoms with Gasteiger partial charge in [-0.15, -0.1) is 11.3 Å². The van der Waals surface area contributed by atoms with E-state index in [0.29, 0.717) is 16.5 Å². The highest BCUT2D eigenvalue weighted by Crippen LogP contribution is 2.31. The summed E-state index contributed by atoms with van der Waals surface area (Å²) in [5.74, 6) is 0.349. The van der Waals surface area contributed by atoms with Gasteiger partial charge in [0.25, 0.3) is 0 Å². The number of rotatable bonds is 4. The molecule has 2 heterocycles.